The molecule has 19 heavy (non-hydrogen) atoms. The summed E-state index contributed by atoms with van der Waals surface area (Å²) >= 11 is 0. The van der Waals surface area contributed by atoms with Gasteiger partial charge >= 0.3 is 0 Å². The number of anilines is 1. The van der Waals surface area contributed by atoms with E-state index in [9.17, 15) is 14.9 Å². The van der Waals surface area contributed by atoms with Crippen LogP contribution in [-0.4, -0.2) is 16.9 Å². The molecular formula is C13H19N3O3. The summed E-state index contributed by atoms with van der Waals surface area (Å²) in [7, 11) is 0. The summed E-state index contributed by atoms with van der Waals surface area (Å²) in [6.07, 6.45) is 0. The van der Waals surface area contributed by atoms with Gasteiger partial charge in [0.2, 0.25) is 5.91 Å². The van der Waals surface area contributed by atoms with Crippen LogP contribution < -0.4 is 11.1 Å². The van der Waals surface area contributed by atoms with Gasteiger partial charge in [0.05, 0.1) is 4.92 Å². The largest absolute Gasteiger partial charge is 0.376 e. The monoisotopic (exact) mass is 265 g/mol. The van der Waals surface area contributed by atoms with Crippen molar-refractivity contribution >= 4 is 17.3 Å². The van der Waals surface area contributed by atoms with E-state index in [4.69, 9.17) is 5.73 Å². The van der Waals surface area contributed by atoms with Crippen molar-refractivity contribution in [2.75, 3.05) is 5.32 Å². The van der Waals surface area contributed by atoms with E-state index in [1.807, 2.05) is 27.7 Å². The van der Waals surface area contributed by atoms with Crippen LogP contribution in [0.4, 0.5) is 11.4 Å². The summed E-state index contributed by atoms with van der Waals surface area (Å²) in [4.78, 5) is 21.6. The number of nitrogens with one attached hydrogen (secondary N) is 1. The predicted molar refractivity (Wildman–Crippen MR) is 74.2 cm³/mol. The molecule has 0 bridgehead atoms. The molecule has 0 aliphatic carbocycles. The number of nitrogens with two attached hydrogens (primary N) is 1. The van der Waals surface area contributed by atoms with Crippen molar-refractivity contribution < 1.29 is 9.72 Å². The van der Waals surface area contributed by atoms with Crippen LogP contribution in [0.1, 0.15) is 38.1 Å². The van der Waals surface area contributed by atoms with Gasteiger partial charge in [0.25, 0.3) is 5.69 Å². The van der Waals surface area contributed by atoms with E-state index in [-0.39, 0.29) is 22.7 Å². The normalized spacial score (nSPS) is 12.8. The van der Waals surface area contributed by atoms with E-state index >= 15 is 0 Å². The molecule has 0 fully saturated rings. The fraction of sp³-hybridized carbons (Fsp3) is 0.462. The second kappa shape index (κ2) is 5.26. The number of carbonyl (C=O) groups excluding carboxylic acids is 1. The third-order valence-corrected chi connectivity index (χ3v) is 3.15. The van der Waals surface area contributed by atoms with Crippen molar-refractivity contribution in [1.29, 1.82) is 0 Å². The molecule has 1 aromatic rings. The minimum atomic E-state index is -0.610. The molecule has 0 saturated heterocycles. The highest BCUT2D eigenvalue weighted by Crippen LogP contribution is 2.29. The standard InChI is InChI=1S/C13H19N3O3/c1-8(13(2,3)4)15-10-7-9(12(14)17)5-6-11(10)16(18)19/h5-8,15H,1-4H3,(H2,14,17). The Morgan fingerprint density at radius 2 is 2.00 bits per heavy atom. The van der Waals surface area contributed by atoms with Crippen LogP contribution in [0.5, 0.6) is 0 Å². The van der Waals surface area contributed by atoms with E-state index in [0.29, 0.717) is 5.69 Å². The van der Waals surface area contributed by atoms with E-state index in [1.165, 1.54) is 18.2 Å². The van der Waals surface area contributed by atoms with Gasteiger partial charge in [0, 0.05) is 17.7 Å². The highest BCUT2D eigenvalue weighted by Gasteiger charge is 2.23. The quantitative estimate of drug-likeness (QED) is 0.645. The van der Waals surface area contributed by atoms with Gasteiger partial charge in [-0.1, -0.05) is 20.8 Å². The van der Waals surface area contributed by atoms with Gasteiger partial charge in [-0.25, -0.2) is 0 Å². The first-order chi connectivity index (χ1) is 8.62. The minimum Gasteiger partial charge on any atom is -0.376 e. The Morgan fingerprint density at radius 3 is 2.42 bits per heavy atom. The average molecular weight is 265 g/mol. The lowest BCUT2D eigenvalue weighted by Gasteiger charge is -2.28. The molecule has 0 saturated carbocycles. The summed E-state index contributed by atoms with van der Waals surface area (Å²) in [6.45, 7) is 8.00. The number of hydrogen-bond donors (Lipinski definition) is 2. The Bertz CT molecular complexity index is 506. The Balaban J connectivity index is 3.18. The third-order valence-electron chi connectivity index (χ3n) is 3.15. The number of primary amides is 1. The molecule has 1 amide bonds. The number of carbonyl (C=O) groups is 1. The fourth-order valence-corrected chi connectivity index (χ4v) is 1.41. The number of nitro benzene ring substituents is 1. The van der Waals surface area contributed by atoms with Crippen molar-refractivity contribution in [3.05, 3.63) is 33.9 Å². The molecule has 3 N–H and O–H groups in total. The topological polar surface area (TPSA) is 98.3 Å². The first kappa shape index (κ1) is 14.9. The zero-order valence-electron chi connectivity index (χ0n) is 11.6. The summed E-state index contributed by atoms with van der Waals surface area (Å²) < 4.78 is 0. The third kappa shape index (κ3) is 3.67. The number of rotatable bonds is 4. The van der Waals surface area contributed by atoms with Gasteiger partial charge in [0.1, 0.15) is 5.69 Å². The number of amides is 1. The number of hydrogen-bond acceptors (Lipinski definition) is 4. The van der Waals surface area contributed by atoms with E-state index in [2.05, 4.69) is 5.32 Å². The predicted octanol–water partition coefficient (Wildman–Crippen LogP) is 2.54. The summed E-state index contributed by atoms with van der Waals surface area (Å²) in [5.74, 6) is -0.610. The zero-order valence-corrected chi connectivity index (χ0v) is 11.6. The second-order valence-corrected chi connectivity index (χ2v) is 5.59. The lowest BCUT2D eigenvalue weighted by Crippen LogP contribution is -2.31. The van der Waals surface area contributed by atoms with E-state index in [0.717, 1.165) is 0 Å². The Hall–Kier alpha value is -2.11. The lowest BCUT2D eigenvalue weighted by atomic mass is 9.88. The maximum atomic E-state index is 11.1. The molecule has 0 aromatic heterocycles. The highest BCUT2D eigenvalue weighted by atomic mass is 16.6. The molecular weight excluding hydrogens is 246 g/mol. The zero-order chi connectivity index (χ0) is 14.8. The van der Waals surface area contributed by atoms with Gasteiger partial charge in [-0.2, -0.15) is 0 Å². The number of nitro groups is 1. The van der Waals surface area contributed by atoms with Crippen molar-refractivity contribution in [3.63, 3.8) is 0 Å². The highest BCUT2D eigenvalue weighted by molar-refractivity contribution is 5.94. The van der Waals surface area contributed by atoms with E-state index < -0.39 is 10.8 Å². The summed E-state index contributed by atoms with van der Waals surface area (Å²) in [5.41, 5.74) is 5.60. The summed E-state index contributed by atoms with van der Waals surface area (Å²) in [5, 5.41) is 14.1. The SMILES string of the molecule is CC(Nc1cc(C(N)=O)ccc1[N+](=O)[O-])C(C)(C)C. The molecule has 1 aromatic carbocycles. The van der Waals surface area contributed by atoms with Crippen LogP contribution in [0, 0.1) is 15.5 Å². The molecule has 6 heteroatoms. The molecule has 0 spiro atoms. The first-order valence-corrected chi connectivity index (χ1v) is 5.97. The van der Waals surface area contributed by atoms with Crippen LogP contribution >= 0.6 is 0 Å². The summed E-state index contributed by atoms with van der Waals surface area (Å²) in [6, 6.07) is 4.06. The molecule has 1 unspecified atom stereocenters. The van der Waals surface area contributed by atoms with Crippen molar-refractivity contribution in [3.8, 4) is 0 Å². The van der Waals surface area contributed by atoms with Crippen LogP contribution in [0.25, 0.3) is 0 Å². The van der Waals surface area contributed by atoms with Gasteiger partial charge in [0.15, 0.2) is 0 Å². The van der Waals surface area contributed by atoms with Crippen molar-refractivity contribution in [1.82, 2.24) is 0 Å². The van der Waals surface area contributed by atoms with Gasteiger partial charge < -0.3 is 11.1 Å². The van der Waals surface area contributed by atoms with Crippen LogP contribution in [0.3, 0.4) is 0 Å². The maximum Gasteiger partial charge on any atom is 0.292 e. The molecule has 1 atom stereocenters. The molecule has 0 aliphatic rings. The number of nitrogens with zero attached hydrogens (tertiary/aromatic N) is 1. The minimum absolute atomic E-state index is 0.00525. The Morgan fingerprint density at radius 1 is 1.42 bits per heavy atom. The number of benzene rings is 1. The fourth-order valence-electron chi connectivity index (χ4n) is 1.41. The molecule has 1 rings (SSSR count). The van der Waals surface area contributed by atoms with Crippen LogP contribution in [-0.2, 0) is 0 Å². The Kier molecular flexibility index (Phi) is 4.14. The van der Waals surface area contributed by atoms with Crippen molar-refractivity contribution in [2.45, 2.75) is 33.7 Å². The molecule has 0 radical (unpaired) electrons. The van der Waals surface area contributed by atoms with Crippen molar-refractivity contribution in [2.24, 2.45) is 11.1 Å². The van der Waals surface area contributed by atoms with Crippen LogP contribution in [0.15, 0.2) is 18.2 Å². The van der Waals surface area contributed by atoms with E-state index in [1.54, 1.807) is 0 Å². The average Bonchev–Trinajstić information content (AvgIpc) is 2.27. The first-order valence-electron chi connectivity index (χ1n) is 5.97. The smallest absolute Gasteiger partial charge is 0.292 e. The molecule has 0 aliphatic heterocycles. The Labute approximate surface area is 112 Å². The van der Waals surface area contributed by atoms with Gasteiger partial charge in [-0.3, -0.25) is 14.9 Å². The lowest BCUT2D eigenvalue weighted by molar-refractivity contribution is -0.384. The van der Waals surface area contributed by atoms with Crippen LogP contribution in [0.2, 0.25) is 0 Å². The second-order valence-electron chi connectivity index (χ2n) is 5.59. The molecule has 104 valence electrons. The van der Waals surface area contributed by atoms with Gasteiger partial charge in [-0.05, 0) is 24.5 Å². The molecule has 0 heterocycles. The molecule has 6 nitrogen and oxygen atoms in total. The maximum absolute atomic E-state index is 11.1. The van der Waals surface area contributed by atoms with Gasteiger partial charge in [-0.15, -0.1) is 0 Å².